The van der Waals surface area contributed by atoms with Crippen LogP contribution < -0.4 is 15.4 Å². The topological polar surface area (TPSA) is 45.6 Å². The Labute approximate surface area is 102 Å². The molecule has 0 radical (unpaired) electrons. The fourth-order valence-corrected chi connectivity index (χ4v) is 1.74. The molecule has 1 aliphatic rings. The standard InChI is InChI=1S/C13H19N3O/c1-17-12-6-4-11(5-7-12)10-16-13-14-8-2-3-9-15-13/h4-7H,2-3,8-10H2,1H3,(H2,14,15,16). The van der Waals surface area contributed by atoms with Gasteiger partial charge in [-0.3, -0.25) is 4.99 Å². The molecule has 1 heterocycles. The lowest BCUT2D eigenvalue weighted by molar-refractivity contribution is 0.414. The molecule has 2 rings (SSSR count). The molecule has 0 bridgehead atoms. The number of rotatable bonds is 3. The quantitative estimate of drug-likeness (QED) is 0.832. The molecule has 92 valence electrons. The van der Waals surface area contributed by atoms with Crippen molar-refractivity contribution in [3.8, 4) is 5.75 Å². The number of hydrogen-bond donors (Lipinski definition) is 2. The van der Waals surface area contributed by atoms with Gasteiger partial charge < -0.3 is 15.4 Å². The number of aliphatic imine (C=N–C) groups is 1. The van der Waals surface area contributed by atoms with E-state index in [1.807, 2.05) is 12.1 Å². The van der Waals surface area contributed by atoms with Crippen molar-refractivity contribution in [3.05, 3.63) is 29.8 Å². The van der Waals surface area contributed by atoms with E-state index in [-0.39, 0.29) is 0 Å². The van der Waals surface area contributed by atoms with Gasteiger partial charge >= 0.3 is 0 Å². The van der Waals surface area contributed by atoms with Crippen LogP contribution in [0.25, 0.3) is 0 Å². The maximum atomic E-state index is 5.12. The van der Waals surface area contributed by atoms with Crippen LogP contribution in [0.1, 0.15) is 18.4 Å². The third-order valence-corrected chi connectivity index (χ3v) is 2.77. The van der Waals surface area contributed by atoms with Gasteiger partial charge in [0.1, 0.15) is 5.75 Å². The van der Waals surface area contributed by atoms with Gasteiger partial charge in [-0.05, 0) is 30.5 Å². The summed E-state index contributed by atoms with van der Waals surface area (Å²) in [6.07, 6.45) is 2.36. The highest BCUT2D eigenvalue weighted by Crippen LogP contribution is 2.10. The van der Waals surface area contributed by atoms with Crippen LogP contribution in [0.3, 0.4) is 0 Å². The molecule has 1 aromatic rings. The van der Waals surface area contributed by atoms with Crippen molar-refractivity contribution in [1.29, 1.82) is 0 Å². The summed E-state index contributed by atoms with van der Waals surface area (Å²) in [6.45, 7) is 2.71. The van der Waals surface area contributed by atoms with Gasteiger partial charge in [0.2, 0.25) is 0 Å². The number of nitrogens with one attached hydrogen (secondary N) is 2. The van der Waals surface area contributed by atoms with Crippen molar-refractivity contribution in [2.45, 2.75) is 19.4 Å². The van der Waals surface area contributed by atoms with Crippen LogP contribution >= 0.6 is 0 Å². The minimum Gasteiger partial charge on any atom is -0.497 e. The van der Waals surface area contributed by atoms with E-state index >= 15 is 0 Å². The van der Waals surface area contributed by atoms with Gasteiger partial charge in [-0.2, -0.15) is 0 Å². The maximum absolute atomic E-state index is 5.12. The Hall–Kier alpha value is -1.71. The van der Waals surface area contributed by atoms with Crippen LogP contribution in [0.4, 0.5) is 0 Å². The second kappa shape index (κ2) is 6.13. The molecule has 1 aromatic carbocycles. The Bertz CT molecular complexity index is 373. The number of hydrogen-bond acceptors (Lipinski definition) is 4. The third-order valence-electron chi connectivity index (χ3n) is 2.77. The fraction of sp³-hybridized carbons (Fsp3) is 0.462. The van der Waals surface area contributed by atoms with E-state index in [1.165, 1.54) is 18.4 Å². The average molecular weight is 233 g/mol. The Balaban J connectivity index is 1.85. The Kier molecular flexibility index (Phi) is 4.24. The fourth-order valence-electron chi connectivity index (χ4n) is 1.74. The zero-order chi connectivity index (χ0) is 11.9. The van der Waals surface area contributed by atoms with Gasteiger partial charge in [-0.15, -0.1) is 0 Å². The maximum Gasteiger partial charge on any atom is 0.191 e. The van der Waals surface area contributed by atoms with Crippen molar-refractivity contribution in [3.63, 3.8) is 0 Å². The van der Waals surface area contributed by atoms with Crippen molar-refractivity contribution in [1.82, 2.24) is 10.6 Å². The van der Waals surface area contributed by atoms with Gasteiger partial charge in [0.25, 0.3) is 0 Å². The van der Waals surface area contributed by atoms with Crippen molar-refractivity contribution >= 4 is 5.96 Å². The molecule has 0 saturated heterocycles. The van der Waals surface area contributed by atoms with Crippen LogP contribution in [0, 0.1) is 0 Å². The van der Waals surface area contributed by atoms with Gasteiger partial charge in [-0.1, -0.05) is 12.1 Å². The Morgan fingerprint density at radius 2 is 2.12 bits per heavy atom. The highest BCUT2D eigenvalue weighted by molar-refractivity contribution is 5.79. The summed E-state index contributed by atoms with van der Waals surface area (Å²) in [7, 11) is 1.68. The highest BCUT2D eigenvalue weighted by atomic mass is 16.5. The highest BCUT2D eigenvalue weighted by Gasteiger charge is 2.02. The first-order valence-corrected chi connectivity index (χ1v) is 6.03. The number of nitrogens with zero attached hydrogens (tertiary/aromatic N) is 1. The predicted molar refractivity (Wildman–Crippen MR) is 69.4 cm³/mol. The molecule has 2 N–H and O–H groups in total. The van der Waals surface area contributed by atoms with E-state index in [0.29, 0.717) is 0 Å². The zero-order valence-corrected chi connectivity index (χ0v) is 10.2. The first kappa shape index (κ1) is 11.8. The molecule has 1 aliphatic heterocycles. The molecular weight excluding hydrogens is 214 g/mol. The smallest absolute Gasteiger partial charge is 0.191 e. The summed E-state index contributed by atoms with van der Waals surface area (Å²) in [5.74, 6) is 1.80. The van der Waals surface area contributed by atoms with Crippen molar-refractivity contribution in [2.24, 2.45) is 4.99 Å². The summed E-state index contributed by atoms with van der Waals surface area (Å²) >= 11 is 0. The summed E-state index contributed by atoms with van der Waals surface area (Å²) < 4.78 is 5.12. The summed E-state index contributed by atoms with van der Waals surface area (Å²) in [5, 5.41) is 6.60. The number of guanidine groups is 1. The van der Waals surface area contributed by atoms with Crippen molar-refractivity contribution in [2.75, 3.05) is 20.2 Å². The van der Waals surface area contributed by atoms with Gasteiger partial charge in [0.05, 0.1) is 7.11 Å². The second-order valence-electron chi connectivity index (χ2n) is 4.07. The summed E-state index contributed by atoms with van der Waals surface area (Å²) in [6, 6.07) is 8.06. The molecule has 0 spiro atoms. The normalized spacial score (nSPS) is 15.5. The molecule has 4 nitrogen and oxygen atoms in total. The molecule has 0 unspecified atom stereocenters. The number of benzene rings is 1. The minimum atomic E-state index is 0.788. The van der Waals surface area contributed by atoms with E-state index < -0.39 is 0 Å². The van der Waals surface area contributed by atoms with E-state index in [4.69, 9.17) is 4.74 Å². The average Bonchev–Trinajstić information content (AvgIpc) is 2.65. The van der Waals surface area contributed by atoms with E-state index in [1.54, 1.807) is 7.11 Å². The van der Waals surface area contributed by atoms with Crippen LogP contribution in [0.2, 0.25) is 0 Å². The molecule has 0 fully saturated rings. The lowest BCUT2D eigenvalue weighted by Crippen LogP contribution is -2.36. The SMILES string of the molecule is COc1ccc(CNC2=NCCCCN2)cc1. The van der Waals surface area contributed by atoms with E-state index in [9.17, 15) is 0 Å². The first-order valence-electron chi connectivity index (χ1n) is 6.03. The van der Waals surface area contributed by atoms with Gasteiger partial charge in [0.15, 0.2) is 5.96 Å². The van der Waals surface area contributed by atoms with Gasteiger partial charge in [-0.25, -0.2) is 0 Å². The summed E-state index contributed by atoms with van der Waals surface area (Å²) in [5.41, 5.74) is 1.22. The molecule has 0 aromatic heterocycles. The molecule has 0 atom stereocenters. The predicted octanol–water partition coefficient (Wildman–Crippen LogP) is 1.52. The third kappa shape index (κ3) is 3.66. The Morgan fingerprint density at radius 1 is 1.29 bits per heavy atom. The number of ether oxygens (including phenoxy) is 1. The molecule has 0 aliphatic carbocycles. The lowest BCUT2D eigenvalue weighted by Gasteiger charge is -2.10. The monoisotopic (exact) mass is 233 g/mol. The Morgan fingerprint density at radius 3 is 2.88 bits per heavy atom. The molecular formula is C13H19N3O. The molecule has 4 heteroatoms. The second-order valence-corrected chi connectivity index (χ2v) is 4.07. The first-order chi connectivity index (χ1) is 8.38. The van der Waals surface area contributed by atoms with E-state index in [2.05, 4.69) is 27.8 Å². The van der Waals surface area contributed by atoms with E-state index in [0.717, 1.165) is 31.3 Å². The minimum absolute atomic E-state index is 0.788. The van der Waals surface area contributed by atoms with Gasteiger partial charge in [0, 0.05) is 19.6 Å². The van der Waals surface area contributed by atoms with Crippen LogP contribution in [0.15, 0.2) is 29.3 Å². The van der Waals surface area contributed by atoms with Crippen LogP contribution in [-0.2, 0) is 6.54 Å². The molecule has 0 saturated carbocycles. The van der Waals surface area contributed by atoms with Crippen molar-refractivity contribution < 1.29 is 4.74 Å². The molecule has 17 heavy (non-hydrogen) atoms. The lowest BCUT2D eigenvalue weighted by atomic mass is 10.2. The zero-order valence-electron chi connectivity index (χ0n) is 10.2. The summed E-state index contributed by atoms with van der Waals surface area (Å²) in [4.78, 5) is 4.44. The molecule has 0 amide bonds. The number of methoxy groups -OCH3 is 1. The van der Waals surface area contributed by atoms with Crippen LogP contribution in [0.5, 0.6) is 5.75 Å². The van der Waals surface area contributed by atoms with Crippen LogP contribution in [-0.4, -0.2) is 26.2 Å². The largest absolute Gasteiger partial charge is 0.497 e.